The molecule has 0 spiro atoms. The lowest BCUT2D eigenvalue weighted by molar-refractivity contribution is -0.385. The van der Waals surface area contributed by atoms with Gasteiger partial charge in [0.2, 0.25) is 0 Å². The second-order valence-corrected chi connectivity index (χ2v) is 8.29. The van der Waals surface area contributed by atoms with Gasteiger partial charge in [-0.2, -0.15) is 17.6 Å². The summed E-state index contributed by atoms with van der Waals surface area (Å²) in [6, 6.07) is 0. The normalized spacial score (nSPS) is 15.0. The average Bonchev–Trinajstić information content (AvgIpc) is 2.25. The zero-order valence-electron chi connectivity index (χ0n) is 10.5. The molecule has 0 atom stereocenters. The minimum atomic E-state index is -5.62. The monoisotopic (exact) mass is 298 g/mol. The van der Waals surface area contributed by atoms with Gasteiger partial charge >= 0.3 is 17.6 Å². The van der Waals surface area contributed by atoms with Crippen molar-refractivity contribution in [2.75, 3.05) is 13.7 Å². The maximum atomic E-state index is 13.5. The Morgan fingerprint density at radius 3 is 1.78 bits per heavy atom. The maximum Gasteiger partial charge on any atom is 0.425 e. The van der Waals surface area contributed by atoms with E-state index in [-0.39, 0.29) is 6.42 Å². The van der Waals surface area contributed by atoms with Crippen molar-refractivity contribution >= 4 is 8.32 Å². The van der Waals surface area contributed by atoms with Gasteiger partial charge in [-0.25, -0.2) is 8.78 Å². The van der Waals surface area contributed by atoms with Crippen LogP contribution in [-0.4, -0.2) is 39.6 Å². The highest BCUT2D eigenvalue weighted by atomic mass is 28.4. The molecule has 18 heavy (non-hydrogen) atoms. The summed E-state index contributed by atoms with van der Waals surface area (Å²) >= 11 is 0. The average molecular weight is 298 g/mol. The quantitative estimate of drug-likeness (QED) is 0.527. The van der Waals surface area contributed by atoms with Gasteiger partial charge < -0.3 is 9.16 Å². The minimum Gasteiger partial charge on any atom is -0.413 e. The first-order valence-corrected chi connectivity index (χ1v) is 8.10. The molecule has 2 nitrogen and oxygen atoms in total. The van der Waals surface area contributed by atoms with E-state index in [4.69, 9.17) is 0 Å². The molecule has 0 heterocycles. The summed E-state index contributed by atoms with van der Waals surface area (Å²) in [6.07, 6.45) is -5.24. The van der Waals surface area contributed by atoms with Gasteiger partial charge in [0.1, 0.15) is 0 Å². The summed E-state index contributed by atoms with van der Waals surface area (Å²) in [5.41, 5.74) is -4.97. The van der Waals surface area contributed by atoms with Crippen LogP contribution in [-0.2, 0) is 9.16 Å². The zero-order valence-corrected chi connectivity index (χ0v) is 11.5. The highest BCUT2D eigenvalue weighted by Crippen LogP contribution is 2.50. The van der Waals surface area contributed by atoms with Crippen LogP contribution in [0.25, 0.3) is 0 Å². The van der Waals surface area contributed by atoms with Crippen molar-refractivity contribution in [1.82, 2.24) is 0 Å². The third kappa shape index (κ3) is 2.82. The van der Waals surface area contributed by atoms with E-state index in [0.29, 0.717) is 0 Å². The molecule has 0 radical (unpaired) electrons. The zero-order chi connectivity index (χ0) is 14.8. The largest absolute Gasteiger partial charge is 0.425 e. The lowest BCUT2D eigenvalue weighted by atomic mass is 10.3. The molecule has 110 valence electrons. The number of hydrogen-bond acceptors (Lipinski definition) is 2. The van der Waals surface area contributed by atoms with Gasteiger partial charge in [0.05, 0.1) is 6.61 Å². The lowest BCUT2D eigenvalue weighted by Gasteiger charge is -2.38. The molecule has 0 unspecified atom stereocenters. The molecule has 9 heteroatoms. The van der Waals surface area contributed by atoms with E-state index in [1.54, 1.807) is 0 Å². The van der Waals surface area contributed by atoms with Crippen molar-refractivity contribution < 1.29 is 35.5 Å². The summed E-state index contributed by atoms with van der Waals surface area (Å²) in [7, 11) is -3.54. The molecule has 0 aromatic carbocycles. The van der Waals surface area contributed by atoms with E-state index in [0.717, 1.165) is 20.2 Å². The third-order valence-corrected chi connectivity index (χ3v) is 5.36. The van der Waals surface area contributed by atoms with Gasteiger partial charge in [0.25, 0.3) is 8.32 Å². The number of ether oxygens (including phenoxy) is 1. The van der Waals surface area contributed by atoms with Gasteiger partial charge in [-0.15, -0.1) is 0 Å². The van der Waals surface area contributed by atoms with Gasteiger partial charge in [0, 0.05) is 7.11 Å². The fraction of sp³-hybridized carbons (Fsp3) is 1.00. The van der Waals surface area contributed by atoms with Crippen molar-refractivity contribution in [3.63, 3.8) is 0 Å². The van der Waals surface area contributed by atoms with Gasteiger partial charge in [-0.1, -0.05) is 6.92 Å². The standard InChI is InChI=1S/C9H16F6O2Si/c1-5-6-17-8(12,13)7(10,11)9(14,15)18(3,4)16-2/h5-6H2,1-4H3. The summed E-state index contributed by atoms with van der Waals surface area (Å²) < 4.78 is 87.7. The Bertz CT molecular complexity index is 282. The fourth-order valence-electron chi connectivity index (χ4n) is 1.01. The van der Waals surface area contributed by atoms with Crippen LogP contribution in [0.1, 0.15) is 13.3 Å². The van der Waals surface area contributed by atoms with Crippen LogP contribution < -0.4 is 0 Å². The van der Waals surface area contributed by atoms with Crippen molar-refractivity contribution in [3.8, 4) is 0 Å². The highest BCUT2D eigenvalue weighted by Gasteiger charge is 2.78. The Morgan fingerprint density at radius 2 is 1.44 bits per heavy atom. The second-order valence-electron chi connectivity index (χ2n) is 4.23. The molecule has 0 N–H and O–H groups in total. The first-order chi connectivity index (χ1) is 7.87. The van der Waals surface area contributed by atoms with Crippen LogP contribution in [0.3, 0.4) is 0 Å². The van der Waals surface area contributed by atoms with Crippen LogP contribution in [0.5, 0.6) is 0 Å². The van der Waals surface area contributed by atoms with E-state index in [1.807, 2.05) is 0 Å². The molecular formula is C9H16F6O2Si. The van der Waals surface area contributed by atoms with Gasteiger partial charge in [-0.05, 0) is 19.5 Å². The summed E-state index contributed by atoms with van der Waals surface area (Å²) in [4.78, 5) is 0. The molecule has 0 rings (SSSR count). The van der Waals surface area contributed by atoms with E-state index in [9.17, 15) is 26.3 Å². The smallest absolute Gasteiger partial charge is 0.413 e. The number of halogens is 6. The topological polar surface area (TPSA) is 18.5 Å². The predicted molar refractivity (Wildman–Crippen MR) is 55.6 cm³/mol. The van der Waals surface area contributed by atoms with Crippen molar-refractivity contribution in [2.45, 2.75) is 44.0 Å². The van der Waals surface area contributed by atoms with Crippen LogP contribution in [0.2, 0.25) is 13.1 Å². The molecule has 0 fully saturated rings. The first-order valence-electron chi connectivity index (χ1n) is 5.20. The Balaban J connectivity index is 5.35. The molecule has 0 bridgehead atoms. The Kier molecular flexibility index (Phi) is 5.29. The molecule has 0 aliphatic carbocycles. The van der Waals surface area contributed by atoms with Crippen molar-refractivity contribution in [2.24, 2.45) is 0 Å². The molecule has 0 aliphatic rings. The van der Waals surface area contributed by atoms with Crippen LogP contribution in [0.4, 0.5) is 26.3 Å². The van der Waals surface area contributed by atoms with Crippen molar-refractivity contribution in [1.29, 1.82) is 0 Å². The molecule has 0 saturated heterocycles. The summed E-state index contributed by atoms with van der Waals surface area (Å²) in [5.74, 6) is -5.62. The third-order valence-electron chi connectivity index (χ3n) is 2.51. The molecule has 0 amide bonds. The predicted octanol–water partition coefficient (Wildman–Crippen LogP) is 3.67. The Morgan fingerprint density at radius 1 is 1.00 bits per heavy atom. The molecular weight excluding hydrogens is 282 g/mol. The molecule has 0 saturated carbocycles. The Labute approximate surface area is 102 Å². The van der Waals surface area contributed by atoms with Crippen LogP contribution in [0, 0.1) is 0 Å². The second kappa shape index (κ2) is 5.38. The van der Waals surface area contributed by atoms with Crippen molar-refractivity contribution in [3.05, 3.63) is 0 Å². The number of alkyl halides is 6. The van der Waals surface area contributed by atoms with E-state index in [2.05, 4.69) is 9.16 Å². The minimum absolute atomic E-state index is 0.00232. The van der Waals surface area contributed by atoms with E-state index < -0.39 is 32.5 Å². The van der Waals surface area contributed by atoms with Crippen LogP contribution in [0.15, 0.2) is 0 Å². The number of hydrogen-bond donors (Lipinski definition) is 0. The van der Waals surface area contributed by atoms with Gasteiger partial charge in [0.15, 0.2) is 0 Å². The lowest BCUT2D eigenvalue weighted by Crippen LogP contribution is -2.67. The van der Waals surface area contributed by atoms with E-state index in [1.165, 1.54) is 6.92 Å². The molecule has 0 aliphatic heterocycles. The first kappa shape index (κ1) is 17.7. The Hall–Kier alpha value is -0.283. The van der Waals surface area contributed by atoms with Crippen LogP contribution >= 0.6 is 0 Å². The number of rotatable bonds is 7. The highest BCUT2D eigenvalue weighted by molar-refractivity contribution is 6.73. The maximum absolute atomic E-state index is 13.5. The fourth-order valence-corrected chi connectivity index (χ4v) is 2.17. The summed E-state index contributed by atoms with van der Waals surface area (Å²) in [6.45, 7) is 2.11. The van der Waals surface area contributed by atoms with Gasteiger partial charge in [-0.3, -0.25) is 0 Å². The molecule has 0 aromatic rings. The summed E-state index contributed by atoms with van der Waals surface area (Å²) in [5, 5.41) is 0. The molecule has 0 aromatic heterocycles. The van der Waals surface area contributed by atoms with E-state index >= 15 is 0 Å². The SMILES string of the molecule is CCCOC(F)(F)C(F)(F)C(F)(F)[Si](C)(C)OC.